The van der Waals surface area contributed by atoms with Gasteiger partial charge in [0.15, 0.2) is 18.1 Å². The number of aliphatic hydroxyl groups is 3. The van der Waals surface area contributed by atoms with Gasteiger partial charge < -0.3 is 79.8 Å². The van der Waals surface area contributed by atoms with Crippen LogP contribution >= 0.6 is 0 Å². The molecule has 0 aromatic heterocycles. The molecule has 1 saturated heterocycles. The maximum absolute atomic E-state index is 17.5. The summed E-state index contributed by atoms with van der Waals surface area (Å²) in [6, 6.07) is -9.94. The van der Waals surface area contributed by atoms with Gasteiger partial charge in [-0.2, -0.15) is 0 Å². The second-order valence-corrected chi connectivity index (χ2v) is 24.3. The van der Waals surface area contributed by atoms with Crippen molar-refractivity contribution in [1.82, 2.24) is 42.5 Å². The number of allylic oxidation sites excluding steroid dienone is 4. The molecule has 1 heterocycles. The second kappa shape index (κ2) is 29.7. The number of fused-ring (bicyclic) bond motifs is 5. The topological polar surface area (TPSA) is 432 Å². The summed E-state index contributed by atoms with van der Waals surface area (Å²) in [6.07, 6.45) is -0.380. The van der Waals surface area contributed by atoms with Gasteiger partial charge in [0.25, 0.3) is 0 Å². The first-order chi connectivity index (χ1) is 39.5. The van der Waals surface area contributed by atoms with Crippen LogP contribution in [-0.4, -0.2) is 179 Å². The van der Waals surface area contributed by atoms with Crippen molar-refractivity contribution >= 4 is 64.8 Å². The summed E-state index contributed by atoms with van der Waals surface area (Å²) in [6.45, 7) is 9.89. The SMILES string of the molecule is CC(C)C[C@@H]1NC(=O)[C@@H](CC(C)C)NC(=O)[C@H](CCN)NC(=O)[C@@H](NC(=O)CCC(=O)OCC(=O)[C@]2(O)C3C[C@H](O)[C@@]4(F)[C@@H](CCC5=CC(=O)C=C[C@@]54C)[C@@H]3C[C@H]2C)CCNC(=O)[C@H]([C@@H](C)O)NC(=O)[C@H](CCN)NC(=O)[C@H](CCN)NC1=O. The highest BCUT2D eigenvalue weighted by molar-refractivity contribution is 6.01. The highest BCUT2D eigenvalue weighted by atomic mass is 19.1. The van der Waals surface area contributed by atoms with E-state index in [1.54, 1.807) is 41.5 Å². The normalized spacial score (nSPS) is 34.2. The fraction of sp³-hybridized carbons (Fsp3) is 0.737. The minimum Gasteiger partial charge on any atom is -0.458 e. The molecule has 0 aromatic rings. The van der Waals surface area contributed by atoms with Crippen molar-refractivity contribution < 1.29 is 77.2 Å². The van der Waals surface area contributed by atoms with E-state index in [2.05, 4.69) is 42.5 Å². The second-order valence-electron chi connectivity index (χ2n) is 24.3. The number of Topliss-reactive ketones (excluding diaryl/α,β-unsaturated/α-hetero) is 1. The molecule has 27 heteroatoms. The van der Waals surface area contributed by atoms with Crippen LogP contribution in [0.3, 0.4) is 0 Å². The molecule has 4 aliphatic carbocycles. The molecule has 5 rings (SSSR count). The molecule has 0 radical (unpaired) electrons. The average Bonchev–Trinajstić information content (AvgIpc) is 1.27. The number of carbonyl (C=O) groups excluding carboxylic acids is 11. The van der Waals surface area contributed by atoms with Crippen LogP contribution in [0, 0.1) is 40.9 Å². The zero-order chi connectivity index (χ0) is 62.6. The number of hydrogen-bond donors (Lipinski definition) is 14. The third kappa shape index (κ3) is 16.0. The minimum absolute atomic E-state index is 0.0523. The smallest absolute Gasteiger partial charge is 0.306 e. The van der Waals surface area contributed by atoms with E-state index in [4.69, 9.17) is 21.9 Å². The number of nitrogens with one attached hydrogen (secondary N) is 8. The van der Waals surface area contributed by atoms with Crippen molar-refractivity contribution in [2.75, 3.05) is 32.8 Å². The first kappa shape index (κ1) is 68.5. The van der Waals surface area contributed by atoms with Gasteiger partial charge in [-0.1, -0.05) is 46.3 Å². The van der Waals surface area contributed by atoms with E-state index in [0.717, 1.165) is 0 Å². The summed E-state index contributed by atoms with van der Waals surface area (Å²) < 4.78 is 22.8. The molecule has 17 N–H and O–H groups in total. The Morgan fingerprint density at radius 3 is 1.73 bits per heavy atom. The number of ether oxygens (including phenoxy) is 1. The van der Waals surface area contributed by atoms with Crippen LogP contribution in [0.5, 0.6) is 0 Å². The van der Waals surface area contributed by atoms with Gasteiger partial charge in [0.1, 0.15) is 47.9 Å². The molecule has 0 bridgehead atoms. The quantitative estimate of drug-likeness (QED) is 0.0620. The van der Waals surface area contributed by atoms with Crippen molar-refractivity contribution in [1.29, 1.82) is 0 Å². The third-order valence-corrected chi connectivity index (χ3v) is 17.3. The largest absolute Gasteiger partial charge is 0.458 e. The zero-order valence-corrected chi connectivity index (χ0v) is 49.3. The summed E-state index contributed by atoms with van der Waals surface area (Å²) in [5.41, 5.74) is 12.5. The Balaban J connectivity index is 1.34. The van der Waals surface area contributed by atoms with E-state index < -0.39 is 186 Å². The lowest BCUT2D eigenvalue weighted by molar-refractivity contribution is -0.192. The highest BCUT2D eigenvalue weighted by Gasteiger charge is 2.71. The molecular weight excluding hydrogens is 1100 g/mol. The van der Waals surface area contributed by atoms with E-state index in [1.807, 2.05) is 0 Å². The Labute approximate surface area is 489 Å². The number of halogens is 1. The molecule has 3 saturated carbocycles. The average molecular weight is 1190 g/mol. The van der Waals surface area contributed by atoms with Crippen molar-refractivity contribution in [3.05, 3.63) is 23.8 Å². The molecule has 26 nitrogen and oxygen atoms in total. The number of hydrogen-bond acceptors (Lipinski definition) is 18. The highest BCUT2D eigenvalue weighted by Crippen LogP contribution is 2.66. The van der Waals surface area contributed by atoms with Crippen LogP contribution in [0.2, 0.25) is 0 Å². The molecule has 1 aliphatic heterocycles. The number of amides is 8. The summed E-state index contributed by atoms with van der Waals surface area (Å²) in [7, 11) is 0. The standard InChI is InChI=1S/C57H90FN11O15/c1-28(2)22-41-52(80)66-37(13-18-59)48(76)65-39(15-20-61)51(79)69-47(31(6)70)54(82)62-21-16-40(50(78)64-38(14-19-60)49(77)67-42(23-29(3)4)53(81)68-41)63-45(74)10-11-46(75)84-27-44(73)56(83)30(5)24-34-35-9-8-32-25-33(71)12-17-55(32,7)57(35,58)43(72)26-36(34)56/h12,17,25,28-31,34-43,47,70,72,83H,8-11,13-16,18-24,26-27,59-61H2,1-7H3,(H,62,82)(H,63,74)(H,64,78)(H,65,76)(H,66,80)(H,67,77)(H,68,81)(H,69,79)/t30-,31-,34+,35+,36?,37+,38+,39+,40+,41+,42-,43+,47+,55+,56-,57+/m1/s1. The molecule has 8 amide bonds. The van der Waals surface area contributed by atoms with Crippen molar-refractivity contribution in [3.8, 4) is 0 Å². The van der Waals surface area contributed by atoms with Gasteiger partial charge >= 0.3 is 5.97 Å². The molecule has 84 heavy (non-hydrogen) atoms. The van der Waals surface area contributed by atoms with Crippen LogP contribution in [0.15, 0.2) is 23.8 Å². The number of aliphatic hydroxyl groups excluding tert-OH is 2. The fourth-order valence-corrected chi connectivity index (χ4v) is 12.9. The molecule has 5 aliphatic rings. The summed E-state index contributed by atoms with van der Waals surface area (Å²) in [5, 5.41) is 54.8. The van der Waals surface area contributed by atoms with Gasteiger partial charge in [-0.25, -0.2) is 4.39 Å². The van der Waals surface area contributed by atoms with Gasteiger partial charge in [-0.05, 0) is 134 Å². The first-order valence-electron chi connectivity index (χ1n) is 29.4. The summed E-state index contributed by atoms with van der Waals surface area (Å²) >= 11 is 0. The van der Waals surface area contributed by atoms with Gasteiger partial charge in [0.2, 0.25) is 53.0 Å². The lowest BCUT2D eigenvalue weighted by Crippen LogP contribution is -2.66. The molecule has 470 valence electrons. The van der Waals surface area contributed by atoms with Crippen molar-refractivity contribution in [2.45, 2.75) is 191 Å². The Bertz CT molecular complexity index is 2530. The molecular formula is C57H90FN11O15. The first-order valence-corrected chi connectivity index (χ1v) is 29.4. The number of nitrogens with two attached hydrogens (primary N) is 3. The molecule has 4 fully saturated rings. The summed E-state index contributed by atoms with van der Waals surface area (Å²) in [5.74, 6) is -12.6. The van der Waals surface area contributed by atoms with E-state index in [1.165, 1.54) is 25.2 Å². The van der Waals surface area contributed by atoms with Gasteiger partial charge in [0.05, 0.1) is 18.6 Å². The Hall–Kier alpha value is -6.26. The van der Waals surface area contributed by atoms with Crippen molar-refractivity contribution in [2.24, 2.45) is 58.1 Å². The molecule has 16 atom stereocenters. The Morgan fingerprint density at radius 1 is 0.714 bits per heavy atom. The maximum Gasteiger partial charge on any atom is 0.306 e. The van der Waals surface area contributed by atoms with Crippen LogP contribution < -0.4 is 59.7 Å². The third-order valence-electron chi connectivity index (χ3n) is 17.3. The lowest BCUT2D eigenvalue weighted by atomic mass is 9.48. The molecule has 0 spiro atoms. The number of carbonyl (C=O) groups is 11. The Morgan fingerprint density at radius 2 is 1.21 bits per heavy atom. The van der Waals surface area contributed by atoms with E-state index >= 15 is 4.39 Å². The predicted octanol–water partition coefficient (Wildman–Crippen LogP) is -2.73. The molecule has 1 unspecified atom stereocenters. The summed E-state index contributed by atoms with van der Waals surface area (Å²) in [4.78, 5) is 151. The monoisotopic (exact) mass is 1190 g/mol. The lowest BCUT2D eigenvalue weighted by Gasteiger charge is -2.59. The van der Waals surface area contributed by atoms with Gasteiger partial charge in [0, 0.05) is 30.2 Å². The maximum atomic E-state index is 17.5. The Kier molecular flexibility index (Phi) is 24.2. The van der Waals surface area contributed by atoms with Crippen LogP contribution in [0.25, 0.3) is 0 Å². The number of rotatable bonds is 18. The number of esters is 1. The predicted molar refractivity (Wildman–Crippen MR) is 301 cm³/mol. The zero-order valence-electron chi connectivity index (χ0n) is 49.3. The van der Waals surface area contributed by atoms with E-state index in [9.17, 15) is 68.1 Å². The number of alkyl halides is 1. The van der Waals surface area contributed by atoms with Crippen LogP contribution in [0.1, 0.15) is 126 Å². The van der Waals surface area contributed by atoms with E-state index in [-0.39, 0.29) is 88.6 Å². The molecule has 0 aromatic carbocycles. The fourth-order valence-electron chi connectivity index (χ4n) is 12.9. The van der Waals surface area contributed by atoms with Crippen LogP contribution in [0.4, 0.5) is 4.39 Å². The van der Waals surface area contributed by atoms with Crippen LogP contribution in [-0.2, 0) is 57.5 Å². The minimum atomic E-state index is -2.20. The van der Waals surface area contributed by atoms with Crippen molar-refractivity contribution in [3.63, 3.8) is 0 Å². The van der Waals surface area contributed by atoms with Gasteiger partial charge in [-0.15, -0.1) is 0 Å². The van der Waals surface area contributed by atoms with Gasteiger partial charge in [-0.3, -0.25) is 52.7 Å². The number of ketones is 2. The van der Waals surface area contributed by atoms with E-state index in [0.29, 0.717) is 12.0 Å².